The first kappa shape index (κ1) is 24.0. The van der Waals surface area contributed by atoms with Crippen molar-refractivity contribution in [3.8, 4) is 23.0 Å². The van der Waals surface area contributed by atoms with Crippen molar-refractivity contribution in [3.63, 3.8) is 0 Å². The topological polar surface area (TPSA) is 157 Å². The lowest BCUT2D eigenvalue weighted by Gasteiger charge is -2.40. The Bertz CT molecular complexity index is 1270. The van der Waals surface area contributed by atoms with E-state index in [0.717, 1.165) is 0 Å². The largest absolute Gasteiger partial charge is 0.496 e. The van der Waals surface area contributed by atoms with Crippen LogP contribution in [0.4, 0.5) is 0 Å². The predicted molar refractivity (Wildman–Crippen MR) is 119 cm³/mol. The molecule has 0 bridgehead atoms. The van der Waals surface area contributed by atoms with Crippen LogP contribution in [0.3, 0.4) is 0 Å². The quantitative estimate of drug-likeness (QED) is 0.366. The van der Waals surface area contributed by atoms with Gasteiger partial charge in [-0.05, 0) is 6.07 Å². The van der Waals surface area contributed by atoms with Crippen molar-refractivity contribution in [1.82, 2.24) is 0 Å². The Balaban J connectivity index is 2.04. The Morgan fingerprint density at radius 1 is 0.824 bits per heavy atom. The molecule has 1 aliphatic heterocycles. The maximum absolute atomic E-state index is 13.6. The first-order valence-corrected chi connectivity index (χ1v) is 10.4. The molecule has 184 valence electrons. The molecule has 5 atom stereocenters. The number of hydrogen-bond donors (Lipinski definition) is 4. The number of fused-ring (bicyclic) bond motifs is 2. The van der Waals surface area contributed by atoms with Gasteiger partial charge in [0.2, 0.25) is 5.43 Å². The van der Waals surface area contributed by atoms with Gasteiger partial charge in [0, 0.05) is 12.1 Å². The Morgan fingerprint density at radius 3 is 2.03 bits per heavy atom. The summed E-state index contributed by atoms with van der Waals surface area (Å²) >= 11 is 0. The monoisotopic (exact) mass is 478 g/mol. The first-order chi connectivity index (χ1) is 16.3. The fourth-order valence-electron chi connectivity index (χ4n) is 4.29. The molecule has 0 spiro atoms. The van der Waals surface area contributed by atoms with Gasteiger partial charge in [-0.1, -0.05) is 0 Å². The van der Waals surface area contributed by atoms with Gasteiger partial charge in [0.05, 0.1) is 46.0 Å². The second-order valence-electron chi connectivity index (χ2n) is 7.78. The smallest absolute Gasteiger partial charge is 0.204 e. The minimum absolute atomic E-state index is 0.0101. The van der Waals surface area contributed by atoms with Gasteiger partial charge in [0.15, 0.2) is 11.5 Å². The molecular formula is C23H26O11. The minimum Gasteiger partial charge on any atom is -0.496 e. The summed E-state index contributed by atoms with van der Waals surface area (Å²) in [6.45, 7) is -0.617. The lowest BCUT2D eigenvalue weighted by Crippen LogP contribution is -2.55. The fourth-order valence-corrected chi connectivity index (χ4v) is 4.29. The highest BCUT2D eigenvalue weighted by Crippen LogP contribution is 2.46. The molecule has 1 aromatic heterocycles. The SMILES string of the molecule is COc1cc2oc3cc(OC)c(C4OC(CO)C(O)C(O)C4O)c(OC)c3c(=O)c2cc1OC. The number of rotatable bonds is 6. The van der Waals surface area contributed by atoms with Crippen LogP contribution in [0, 0.1) is 0 Å². The van der Waals surface area contributed by atoms with Crippen molar-refractivity contribution < 1.29 is 48.5 Å². The van der Waals surface area contributed by atoms with Crippen LogP contribution < -0.4 is 24.4 Å². The highest BCUT2D eigenvalue weighted by atomic mass is 16.5. The Kier molecular flexibility index (Phi) is 6.56. The summed E-state index contributed by atoms with van der Waals surface area (Å²) in [5.41, 5.74) is 0.0238. The van der Waals surface area contributed by atoms with Gasteiger partial charge in [-0.3, -0.25) is 4.79 Å². The van der Waals surface area contributed by atoms with Crippen LogP contribution in [-0.2, 0) is 4.74 Å². The van der Waals surface area contributed by atoms with Crippen molar-refractivity contribution in [2.45, 2.75) is 30.5 Å². The van der Waals surface area contributed by atoms with Crippen LogP contribution in [0.2, 0.25) is 0 Å². The van der Waals surface area contributed by atoms with Gasteiger partial charge in [0.1, 0.15) is 58.6 Å². The van der Waals surface area contributed by atoms with Crippen LogP contribution in [0.1, 0.15) is 11.7 Å². The molecular weight excluding hydrogens is 452 g/mol. The average molecular weight is 478 g/mol. The first-order valence-electron chi connectivity index (χ1n) is 10.4. The number of aliphatic hydroxyl groups is 4. The molecule has 34 heavy (non-hydrogen) atoms. The zero-order valence-electron chi connectivity index (χ0n) is 19.0. The average Bonchev–Trinajstić information content (AvgIpc) is 2.85. The number of ether oxygens (including phenoxy) is 5. The van der Waals surface area contributed by atoms with E-state index in [4.69, 9.17) is 28.1 Å². The van der Waals surface area contributed by atoms with Crippen LogP contribution in [0.25, 0.3) is 21.9 Å². The van der Waals surface area contributed by atoms with E-state index in [0.29, 0.717) is 11.5 Å². The minimum atomic E-state index is -1.63. The molecule has 4 rings (SSSR count). The van der Waals surface area contributed by atoms with E-state index in [1.54, 1.807) is 0 Å². The summed E-state index contributed by atoms with van der Waals surface area (Å²) in [5.74, 6) is 0.818. The Labute approximate surface area is 193 Å². The summed E-state index contributed by atoms with van der Waals surface area (Å²) in [6, 6.07) is 4.45. The zero-order chi connectivity index (χ0) is 24.7. The van der Waals surface area contributed by atoms with Gasteiger partial charge >= 0.3 is 0 Å². The summed E-state index contributed by atoms with van der Waals surface area (Å²) < 4.78 is 33.3. The van der Waals surface area contributed by atoms with Gasteiger partial charge in [-0.15, -0.1) is 0 Å². The van der Waals surface area contributed by atoms with Crippen LogP contribution in [0.15, 0.2) is 27.4 Å². The molecule has 2 aromatic carbocycles. The maximum Gasteiger partial charge on any atom is 0.204 e. The fraction of sp³-hybridized carbons (Fsp3) is 0.435. The molecule has 1 aliphatic rings. The van der Waals surface area contributed by atoms with Crippen LogP contribution in [0.5, 0.6) is 23.0 Å². The van der Waals surface area contributed by atoms with Crippen molar-refractivity contribution >= 4 is 21.9 Å². The number of aliphatic hydroxyl groups excluding tert-OH is 4. The second kappa shape index (κ2) is 9.28. The lowest BCUT2D eigenvalue weighted by molar-refractivity contribution is -0.232. The van der Waals surface area contributed by atoms with Crippen LogP contribution >= 0.6 is 0 Å². The maximum atomic E-state index is 13.6. The van der Waals surface area contributed by atoms with E-state index in [-0.39, 0.29) is 39.0 Å². The van der Waals surface area contributed by atoms with Crippen molar-refractivity contribution in [1.29, 1.82) is 0 Å². The van der Waals surface area contributed by atoms with E-state index in [1.807, 2.05) is 0 Å². The van der Waals surface area contributed by atoms with Crippen molar-refractivity contribution in [3.05, 3.63) is 34.0 Å². The van der Waals surface area contributed by atoms with Crippen LogP contribution in [-0.4, -0.2) is 79.9 Å². The molecule has 0 radical (unpaired) electrons. The number of hydrogen-bond acceptors (Lipinski definition) is 11. The highest BCUT2D eigenvalue weighted by molar-refractivity contribution is 5.96. The van der Waals surface area contributed by atoms with Gasteiger partial charge < -0.3 is 48.5 Å². The molecule has 4 N–H and O–H groups in total. The molecule has 11 heteroatoms. The van der Waals surface area contributed by atoms with Crippen molar-refractivity contribution in [2.24, 2.45) is 0 Å². The summed E-state index contributed by atoms with van der Waals surface area (Å²) in [7, 11) is 5.58. The van der Waals surface area contributed by atoms with E-state index >= 15 is 0 Å². The summed E-state index contributed by atoms with van der Waals surface area (Å²) in [6.07, 6.45) is -7.27. The number of methoxy groups -OCH3 is 4. The molecule has 11 nitrogen and oxygen atoms in total. The molecule has 1 fully saturated rings. The Morgan fingerprint density at radius 2 is 1.44 bits per heavy atom. The molecule has 2 heterocycles. The van der Waals surface area contributed by atoms with E-state index in [1.165, 1.54) is 46.6 Å². The standard InChI is InChI=1S/C23H26O11/c1-29-11-5-9-10(6-12(11)30-2)33-14-7-13(31-3)17(22(32-4)16(14)18(9)25)23-21(28)20(27)19(26)15(8-24)34-23/h5-7,15,19-21,23-24,26-28H,8H2,1-4H3. The molecule has 0 saturated carbocycles. The third kappa shape index (κ3) is 3.62. The highest BCUT2D eigenvalue weighted by Gasteiger charge is 2.46. The third-order valence-corrected chi connectivity index (χ3v) is 6.02. The van der Waals surface area contributed by atoms with E-state index < -0.39 is 42.6 Å². The predicted octanol–water partition coefficient (Wildman–Crippen LogP) is 0.495. The normalized spacial score (nSPS) is 24.9. The van der Waals surface area contributed by atoms with Gasteiger partial charge in [-0.25, -0.2) is 0 Å². The van der Waals surface area contributed by atoms with Crippen molar-refractivity contribution in [2.75, 3.05) is 35.0 Å². The zero-order valence-corrected chi connectivity index (χ0v) is 19.0. The molecule has 0 amide bonds. The molecule has 0 aliphatic carbocycles. The molecule has 3 aromatic rings. The number of benzene rings is 2. The van der Waals surface area contributed by atoms with Gasteiger partial charge in [-0.2, -0.15) is 0 Å². The van der Waals surface area contributed by atoms with Gasteiger partial charge in [0.25, 0.3) is 0 Å². The van der Waals surface area contributed by atoms with E-state index in [9.17, 15) is 25.2 Å². The lowest BCUT2D eigenvalue weighted by atomic mass is 9.89. The third-order valence-electron chi connectivity index (χ3n) is 6.02. The Hall–Kier alpha value is -3.09. The molecule has 1 saturated heterocycles. The molecule has 5 unspecified atom stereocenters. The second-order valence-corrected chi connectivity index (χ2v) is 7.78. The summed E-state index contributed by atoms with van der Waals surface area (Å²) in [5, 5.41) is 41.0. The summed E-state index contributed by atoms with van der Waals surface area (Å²) in [4.78, 5) is 13.6. The van der Waals surface area contributed by atoms with E-state index in [2.05, 4.69) is 0 Å².